The van der Waals surface area contributed by atoms with Crippen LogP contribution in [0, 0.1) is 0 Å². The number of fused-ring (bicyclic) bond motifs is 1. The molecule has 1 fully saturated rings. The summed E-state index contributed by atoms with van der Waals surface area (Å²) in [6.07, 6.45) is 0.846. The maximum absolute atomic E-state index is 11.9. The molecule has 0 N–H and O–H groups in total. The van der Waals surface area contributed by atoms with Crippen LogP contribution in [-0.4, -0.2) is 16.5 Å². The molecule has 0 saturated carbocycles. The summed E-state index contributed by atoms with van der Waals surface area (Å²) in [6.45, 7) is 4.29. The monoisotopic (exact) mass is 234 g/mol. The number of benzene rings is 1. The predicted molar refractivity (Wildman–Crippen MR) is 64.7 cm³/mol. The van der Waals surface area contributed by atoms with Crippen LogP contribution < -0.4 is 0 Å². The van der Waals surface area contributed by atoms with Gasteiger partial charge in [0.25, 0.3) is 0 Å². The number of esters is 1. The molecule has 84 valence electrons. The molecule has 2 nitrogen and oxygen atoms in total. The van der Waals surface area contributed by atoms with Gasteiger partial charge >= 0.3 is 5.97 Å². The van der Waals surface area contributed by atoms with Crippen molar-refractivity contribution in [2.45, 2.75) is 30.6 Å². The number of carbonyl (C=O) groups excluding carboxylic acids is 1. The summed E-state index contributed by atoms with van der Waals surface area (Å²) in [4.78, 5) is 11.9. The van der Waals surface area contributed by atoms with E-state index in [2.05, 4.69) is 13.8 Å². The molecule has 0 aromatic heterocycles. The van der Waals surface area contributed by atoms with E-state index in [1.54, 1.807) is 0 Å². The number of ether oxygens (including phenoxy) is 1. The van der Waals surface area contributed by atoms with Gasteiger partial charge in [0.2, 0.25) is 0 Å². The molecule has 2 aliphatic rings. The largest absolute Gasteiger partial charge is 0.449 e. The molecule has 2 aliphatic heterocycles. The Morgan fingerprint density at radius 2 is 2.12 bits per heavy atom. The zero-order chi connectivity index (χ0) is 11.4. The van der Waals surface area contributed by atoms with Gasteiger partial charge in [0.1, 0.15) is 0 Å². The summed E-state index contributed by atoms with van der Waals surface area (Å²) >= 11 is 1.88. The summed E-state index contributed by atoms with van der Waals surface area (Å²) in [5, 5.41) is 0. The van der Waals surface area contributed by atoms with Gasteiger partial charge < -0.3 is 4.74 Å². The lowest BCUT2D eigenvalue weighted by Gasteiger charge is -2.33. The maximum Gasteiger partial charge on any atom is 0.339 e. The fourth-order valence-corrected chi connectivity index (χ4v) is 3.63. The van der Waals surface area contributed by atoms with Gasteiger partial charge in [-0.15, -0.1) is 11.8 Å². The first-order chi connectivity index (χ1) is 7.63. The first-order valence-electron chi connectivity index (χ1n) is 5.60. The highest BCUT2D eigenvalue weighted by Gasteiger charge is 2.63. The Labute approximate surface area is 99.4 Å². The van der Waals surface area contributed by atoms with Crippen LogP contribution in [0.5, 0.6) is 0 Å². The van der Waals surface area contributed by atoms with Crippen molar-refractivity contribution in [3.05, 3.63) is 35.4 Å². The second-order valence-electron chi connectivity index (χ2n) is 4.64. The quantitative estimate of drug-likeness (QED) is 0.581. The van der Waals surface area contributed by atoms with E-state index in [9.17, 15) is 4.79 Å². The Bertz CT molecular complexity index is 465. The number of cyclic esters (lactones) is 1. The van der Waals surface area contributed by atoms with E-state index in [-0.39, 0.29) is 10.7 Å². The molecule has 2 heterocycles. The molecule has 0 spiro atoms. The second-order valence-corrected chi connectivity index (χ2v) is 6.11. The van der Waals surface area contributed by atoms with Gasteiger partial charge in [-0.05, 0) is 19.4 Å². The molecule has 2 unspecified atom stereocenters. The van der Waals surface area contributed by atoms with Crippen LogP contribution in [0.1, 0.15) is 36.2 Å². The van der Waals surface area contributed by atoms with Crippen molar-refractivity contribution < 1.29 is 9.53 Å². The van der Waals surface area contributed by atoms with Gasteiger partial charge in [0, 0.05) is 11.3 Å². The lowest BCUT2D eigenvalue weighted by atomic mass is 9.80. The number of rotatable bonds is 2. The van der Waals surface area contributed by atoms with Crippen LogP contribution in [0.2, 0.25) is 0 Å². The highest BCUT2D eigenvalue weighted by Crippen LogP contribution is 2.61. The minimum Gasteiger partial charge on any atom is -0.449 e. The fourth-order valence-electron chi connectivity index (χ4n) is 2.65. The van der Waals surface area contributed by atoms with Gasteiger partial charge in [-0.25, -0.2) is 4.79 Å². The van der Waals surface area contributed by atoms with E-state index in [0.717, 1.165) is 23.3 Å². The van der Waals surface area contributed by atoms with Gasteiger partial charge in [0.15, 0.2) is 5.60 Å². The van der Waals surface area contributed by atoms with E-state index < -0.39 is 5.60 Å². The summed E-state index contributed by atoms with van der Waals surface area (Å²) in [6, 6.07) is 7.79. The number of hydrogen-bond acceptors (Lipinski definition) is 3. The van der Waals surface area contributed by atoms with Crippen molar-refractivity contribution in [2.75, 3.05) is 5.75 Å². The van der Waals surface area contributed by atoms with E-state index >= 15 is 0 Å². The van der Waals surface area contributed by atoms with Crippen LogP contribution in [0.25, 0.3) is 0 Å². The minimum absolute atomic E-state index is 0.0734. The highest BCUT2D eigenvalue weighted by atomic mass is 32.2. The summed E-state index contributed by atoms with van der Waals surface area (Å²) < 4.78 is 5.81. The second kappa shape index (κ2) is 3.04. The molecule has 0 radical (unpaired) electrons. The van der Waals surface area contributed by atoms with Crippen molar-refractivity contribution in [2.24, 2.45) is 0 Å². The van der Waals surface area contributed by atoms with Gasteiger partial charge in [-0.2, -0.15) is 0 Å². The first kappa shape index (κ1) is 10.2. The van der Waals surface area contributed by atoms with Crippen LogP contribution in [-0.2, 0) is 10.3 Å². The van der Waals surface area contributed by atoms with Crippen LogP contribution in [0.15, 0.2) is 24.3 Å². The lowest BCUT2D eigenvalue weighted by Crippen LogP contribution is -2.39. The summed E-state index contributed by atoms with van der Waals surface area (Å²) in [5.74, 6) is 0.911. The zero-order valence-electron chi connectivity index (χ0n) is 9.45. The van der Waals surface area contributed by atoms with Crippen molar-refractivity contribution >= 4 is 17.7 Å². The Morgan fingerprint density at radius 1 is 1.44 bits per heavy atom. The molecular weight excluding hydrogens is 220 g/mol. The van der Waals surface area contributed by atoms with Crippen molar-refractivity contribution in [1.29, 1.82) is 0 Å². The Balaban J connectivity index is 2.20. The van der Waals surface area contributed by atoms with Crippen LogP contribution in [0.3, 0.4) is 0 Å². The molecule has 1 saturated heterocycles. The maximum atomic E-state index is 11.9. The van der Waals surface area contributed by atoms with Gasteiger partial charge in [-0.1, -0.05) is 25.1 Å². The van der Waals surface area contributed by atoms with Gasteiger partial charge in [0.05, 0.1) is 10.3 Å². The fraction of sp³-hybridized carbons (Fsp3) is 0.462. The average Bonchev–Trinajstić information content (AvgIpc) is 2.98. The molecular formula is C13H14O2S. The van der Waals surface area contributed by atoms with E-state index in [1.165, 1.54) is 0 Å². The standard InChI is InChI=1S/C13H14O2S/c1-3-13(12(2)8-16-12)10-7-5-4-6-9(10)11(14)15-13/h4-7H,3,8H2,1-2H3. The average molecular weight is 234 g/mol. The smallest absolute Gasteiger partial charge is 0.339 e. The van der Waals surface area contributed by atoms with Crippen LogP contribution in [0.4, 0.5) is 0 Å². The SMILES string of the molecule is CCC1(C2(C)CS2)OC(=O)c2ccccc21. The predicted octanol–water partition coefficient (Wildman–Crippen LogP) is 2.97. The number of thioether (sulfide) groups is 1. The molecule has 2 atom stereocenters. The van der Waals surface area contributed by atoms with Crippen molar-refractivity contribution in [3.63, 3.8) is 0 Å². The third-order valence-electron chi connectivity index (χ3n) is 3.78. The van der Waals surface area contributed by atoms with Gasteiger partial charge in [-0.3, -0.25) is 0 Å². The molecule has 3 heteroatoms. The molecule has 1 aromatic rings. The Morgan fingerprint density at radius 3 is 2.75 bits per heavy atom. The Kier molecular flexibility index (Phi) is 1.94. The van der Waals surface area contributed by atoms with E-state index in [1.807, 2.05) is 36.0 Å². The summed E-state index contributed by atoms with van der Waals surface area (Å²) in [5.41, 5.74) is 1.43. The normalized spacial score (nSPS) is 35.8. The molecule has 1 aromatic carbocycles. The molecule has 0 aliphatic carbocycles. The Hall–Kier alpha value is -0.960. The number of hydrogen-bond donors (Lipinski definition) is 0. The summed E-state index contributed by atoms with van der Waals surface area (Å²) in [7, 11) is 0. The molecule has 0 bridgehead atoms. The molecule has 0 amide bonds. The zero-order valence-corrected chi connectivity index (χ0v) is 10.3. The first-order valence-corrected chi connectivity index (χ1v) is 6.58. The highest BCUT2D eigenvalue weighted by molar-refractivity contribution is 8.07. The molecule has 16 heavy (non-hydrogen) atoms. The number of carbonyl (C=O) groups is 1. The van der Waals surface area contributed by atoms with Crippen molar-refractivity contribution in [1.82, 2.24) is 0 Å². The lowest BCUT2D eigenvalue weighted by molar-refractivity contribution is -0.0207. The molecule has 3 rings (SSSR count). The van der Waals surface area contributed by atoms with E-state index in [4.69, 9.17) is 4.74 Å². The van der Waals surface area contributed by atoms with Crippen molar-refractivity contribution in [3.8, 4) is 0 Å². The third kappa shape index (κ3) is 1.07. The van der Waals surface area contributed by atoms with Crippen LogP contribution >= 0.6 is 11.8 Å². The third-order valence-corrected chi connectivity index (χ3v) is 5.26. The van der Waals surface area contributed by atoms with E-state index in [0.29, 0.717) is 0 Å². The minimum atomic E-state index is -0.397. The topological polar surface area (TPSA) is 26.3 Å².